The number of likely N-dealkylation sites (N-methyl/N-ethyl adjacent to an activating group) is 1. The van der Waals surface area contributed by atoms with Crippen LogP contribution in [0, 0.1) is 0 Å². The van der Waals surface area contributed by atoms with E-state index in [0.717, 1.165) is 0 Å². The van der Waals surface area contributed by atoms with Gasteiger partial charge in [0, 0.05) is 7.05 Å². The molecule has 0 aromatic carbocycles. The zero-order chi connectivity index (χ0) is 9.84. The summed E-state index contributed by atoms with van der Waals surface area (Å²) in [7, 11) is 1.67. The number of nitrogens with zero attached hydrogens (tertiary/aromatic N) is 3. The number of rotatable bonds is 3. The zero-order valence-corrected chi connectivity index (χ0v) is 7.69. The first-order valence-corrected chi connectivity index (χ1v) is 3.96. The highest BCUT2D eigenvalue weighted by Crippen LogP contribution is 1.96. The van der Waals surface area contributed by atoms with Gasteiger partial charge in [0.25, 0.3) is 0 Å². The number of hydrogen-bond donors (Lipinski definition) is 2. The number of carbonyl (C=O) groups is 1. The Hall–Kier alpha value is -1.43. The van der Waals surface area contributed by atoms with Crippen LogP contribution in [0.5, 0.6) is 0 Å². The van der Waals surface area contributed by atoms with Crippen LogP contribution >= 0.6 is 0 Å². The lowest BCUT2D eigenvalue weighted by atomic mass is 10.3. The van der Waals surface area contributed by atoms with Gasteiger partial charge in [-0.25, -0.2) is 4.98 Å². The maximum Gasteiger partial charge on any atom is 0.239 e. The topological polar surface area (TPSA) is 87.9 Å². The minimum Gasteiger partial charge on any atom is -0.337 e. The molecule has 1 unspecified atom stereocenters. The van der Waals surface area contributed by atoms with Crippen molar-refractivity contribution < 1.29 is 4.79 Å². The molecule has 1 aromatic rings. The first-order chi connectivity index (χ1) is 6.11. The van der Waals surface area contributed by atoms with Crippen LogP contribution in [-0.4, -0.2) is 39.1 Å². The van der Waals surface area contributed by atoms with Gasteiger partial charge in [-0.1, -0.05) is 0 Å². The van der Waals surface area contributed by atoms with Gasteiger partial charge in [-0.15, -0.1) is 0 Å². The lowest BCUT2D eigenvalue weighted by molar-refractivity contribution is -0.131. The maximum atomic E-state index is 11.3. The summed E-state index contributed by atoms with van der Waals surface area (Å²) in [6.07, 6.45) is 1.40. The Bertz CT molecular complexity index is 268. The third kappa shape index (κ3) is 2.51. The third-order valence-electron chi connectivity index (χ3n) is 1.62. The van der Waals surface area contributed by atoms with Gasteiger partial charge in [0.2, 0.25) is 5.91 Å². The number of carbonyl (C=O) groups excluding carboxylic acids is 1. The summed E-state index contributed by atoms with van der Waals surface area (Å²) in [5, 5.41) is 6.34. The molecule has 6 heteroatoms. The second-order valence-electron chi connectivity index (χ2n) is 2.92. The summed E-state index contributed by atoms with van der Waals surface area (Å²) < 4.78 is 0. The molecule has 3 N–H and O–H groups in total. The molecule has 0 aliphatic rings. The minimum absolute atomic E-state index is 0.114. The summed E-state index contributed by atoms with van der Waals surface area (Å²) >= 11 is 0. The quantitative estimate of drug-likeness (QED) is 0.636. The predicted molar refractivity (Wildman–Crippen MR) is 46.5 cm³/mol. The number of H-pyrrole nitrogens is 1. The minimum atomic E-state index is -0.479. The summed E-state index contributed by atoms with van der Waals surface area (Å²) in [5.41, 5.74) is 5.43. The molecule has 0 saturated carbocycles. The Morgan fingerprint density at radius 1 is 1.85 bits per heavy atom. The molecule has 72 valence electrons. The van der Waals surface area contributed by atoms with Gasteiger partial charge in [0.15, 0.2) is 0 Å². The van der Waals surface area contributed by atoms with Gasteiger partial charge in [0.05, 0.1) is 12.6 Å². The number of nitrogens with one attached hydrogen (secondary N) is 1. The second-order valence-corrected chi connectivity index (χ2v) is 2.92. The van der Waals surface area contributed by atoms with Crippen LogP contribution in [0.3, 0.4) is 0 Å². The SMILES string of the molecule is CC(N)C(=O)N(C)Cc1ncn[nH]1. The lowest BCUT2D eigenvalue weighted by Gasteiger charge is -2.17. The molecular weight excluding hydrogens is 170 g/mol. The first-order valence-electron chi connectivity index (χ1n) is 3.96. The van der Waals surface area contributed by atoms with Crippen LogP contribution < -0.4 is 5.73 Å². The summed E-state index contributed by atoms with van der Waals surface area (Å²) in [6.45, 7) is 2.06. The maximum absolute atomic E-state index is 11.3. The van der Waals surface area contributed by atoms with Crippen molar-refractivity contribution >= 4 is 5.91 Å². The Morgan fingerprint density at radius 2 is 2.54 bits per heavy atom. The van der Waals surface area contributed by atoms with Crippen molar-refractivity contribution in [3.8, 4) is 0 Å². The highest BCUT2D eigenvalue weighted by molar-refractivity contribution is 5.80. The van der Waals surface area contributed by atoms with Gasteiger partial charge < -0.3 is 10.6 Å². The van der Waals surface area contributed by atoms with Crippen LogP contribution in [0.2, 0.25) is 0 Å². The van der Waals surface area contributed by atoms with E-state index in [1.54, 1.807) is 14.0 Å². The van der Waals surface area contributed by atoms with Crippen molar-refractivity contribution in [3.05, 3.63) is 12.2 Å². The van der Waals surface area contributed by atoms with E-state index in [2.05, 4.69) is 15.2 Å². The van der Waals surface area contributed by atoms with Crippen molar-refractivity contribution in [2.75, 3.05) is 7.05 Å². The molecule has 1 amide bonds. The normalized spacial score (nSPS) is 12.5. The molecule has 0 aliphatic carbocycles. The molecule has 0 saturated heterocycles. The molecule has 1 aromatic heterocycles. The van der Waals surface area contributed by atoms with Crippen molar-refractivity contribution in [1.29, 1.82) is 0 Å². The van der Waals surface area contributed by atoms with Crippen LogP contribution in [0.1, 0.15) is 12.7 Å². The van der Waals surface area contributed by atoms with E-state index in [9.17, 15) is 4.79 Å². The molecule has 0 aliphatic heterocycles. The van der Waals surface area contributed by atoms with Crippen molar-refractivity contribution in [3.63, 3.8) is 0 Å². The summed E-state index contributed by atoms with van der Waals surface area (Å²) in [4.78, 5) is 16.7. The molecular formula is C7H13N5O. The fraction of sp³-hybridized carbons (Fsp3) is 0.571. The van der Waals surface area contributed by atoms with Crippen LogP contribution in [-0.2, 0) is 11.3 Å². The molecule has 0 radical (unpaired) electrons. The molecule has 0 fully saturated rings. The van der Waals surface area contributed by atoms with E-state index in [1.165, 1.54) is 11.2 Å². The Morgan fingerprint density at radius 3 is 3.00 bits per heavy atom. The smallest absolute Gasteiger partial charge is 0.239 e. The summed E-state index contributed by atoms with van der Waals surface area (Å²) in [6, 6.07) is -0.479. The average Bonchev–Trinajstić information content (AvgIpc) is 2.55. The van der Waals surface area contributed by atoms with Crippen molar-refractivity contribution in [2.45, 2.75) is 19.5 Å². The second kappa shape index (κ2) is 3.99. The van der Waals surface area contributed by atoms with Crippen molar-refractivity contribution in [1.82, 2.24) is 20.1 Å². The van der Waals surface area contributed by atoms with Crippen LogP contribution in [0.4, 0.5) is 0 Å². The standard InChI is InChI=1S/C7H13N5O/c1-5(8)7(13)12(2)3-6-9-4-10-11-6/h4-5H,3,8H2,1-2H3,(H,9,10,11). The van der Waals surface area contributed by atoms with E-state index < -0.39 is 6.04 Å². The van der Waals surface area contributed by atoms with E-state index in [1.807, 2.05) is 0 Å². The van der Waals surface area contributed by atoms with Gasteiger partial charge in [-0.05, 0) is 6.92 Å². The first kappa shape index (κ1) is 9.66. The van der Waals surface area contributed by atoms with E-state index in [4.69, 9.17) is 5.73 Å². The fourth-order valence-corrected chi connectivity index (χ4v) is 0.957. The number of nitrogens with two attached hydrogens (primary N) is 1. The van der Waals surface area contributed by atoms with Gasteiger partial charge in [0.1, 0.15) is 12.2 Å². The van der Waals surface area contributed by atoms with Crippen molar-refractivity contribution in [2.24, 2.45) is 5.73 Å². The highest BCUT2D eigenvalue weighted by atomic mass is 16.2. The molecule has 0 spiro atoms. The van der Waals surface area contributed by atoms with Gasteiger partial charge in [-0.3, -0.25) is 9.89 Å². The number of aromatic nitrogens is 3. The molecule has 13 heavy (non-hydrogen) atoms. The highest BCUT2D eigenvalue weighted by Gasteiger charge is 2.14. The predicted octanol–water partition coefficient (Wildman–Crippen LogP) is -0.890. The molecule has 0 bridgehead atoms. The average molecular weight is 183 g/mol. The number of hydrogen-bond acceptors (Lipinski definition) is 4. The lowest BCUT2D eigenvalue weighted by Crippen LogP contribution is -2.39. The Labute approximate surface area is 76.1 Å². The zero-order valence-electron chi connectivity index (χ0n) is 7.69. The Balaban J connectivity index is 2.51. The van der Waals surface area contributed by atoms with Gasteiger partial charge in [-0.2, -0.15) is 5.10 Å². The Kier molecular flexibility index (Phi) is 2.97. The summed E-state index contributed by atoms with van der Waals surface area (Å²) in [5.74, 6) is 0.535. The number of aromatic amines is 1. The monoisotopic (exact) mass is 183 g/mol. The van der Waals surface area contributed by atoms with Crippen LogP contribution in [0.25, 0.3) is 0 Å². The van der Waals surface area contributed by atoms with E-state index >= 15 is 0 Å². The molecule has 1 rings (SSSR count). The molecule has 1 heterocycles. The largest absolute Gasteiger partial charge is 0.337 e. The molecule has 6 nitrogen and oxygen atoms in total. The third-order valence-corrected chi connectivity index (χ3v) is 1.62. The molecule has 1 atom stereocenters. The van der Waals surface area contributed by atoms with E-state index in [0.29, 0.717) is 12.4 Å². The fourth-order valence-electron chi connectivity index (χ4n) is 0.957. The van der Waals surface area contributed by atoms with Crippen LogP contribution in [0.15, 0.2) is 6.33 Å². The van der Waals surface area contributed by atoms with E-state index in [-0.39, 0.29) is 5.91 Å². The number of amides is 1. The van der Waals surface area contributed by atoms with Gasteiger partial charge >= 0.3 is 0 Å².